The predicted octanol–water partition coefficient (Wildman–Crippen LogP) is 4.90. The summed E-state index contributed by atoms with van der Waals surface area (Å²) in [6.07, 6.45) is 3.57. The zero-order valence-corrected chi connectivity index (χ0v) is 19.5. The van der Waals surface area contributed by atoms with Crippen molar-refractivity contribution in [1.29, 1.82) is 0 Å². The monoisotopic (exact) mass is 478 g/mol. The van der Waals surface area contributed by atoms with Gasteiger partial charge in [0.2, 0.25) is 11.8 Å². The van der Waals surface area contributed by atoms with E-state index in [-0.39, 0.29) is 24.2 Å². The number of halogens is 1. The number of nitrogens with one attached hydrogen (secondary N) is 2. The van der Waals surface area contributed by atoms with E-state index in [2.05, 4.69) is 21.4 Å². The Morgan fingerprint density at radius 2 is 2.00 bits per heavy atom. The average molecular weight is 479 g/mol. The van der Waals surface area contributed by atoms with Crippen molar-refractivity contribution in [3.8, 4) is 0 Å². The molecule has 6 nitrogen and oxygen atoms in total. The van der Waals surface area contributed by atoms with Gasteiger partial charge in [-0.25, -0.2) is 4.98 Å². The molecule has 0 aliphatic carbocycles. The molecule has 2 aromatic heterocycles. The highest BCUT2D eigenvalue weighted by atomic mass is 35.5. The van der Waals surface area contributed by atoms with Gasteiger partial charge >= 0.3 is 0 Å². The van der Waals surface area contributed by atoms with Gasteiger partial charge in [0.05, 0.1) is 12.1 Å². The number of nitrogens with zero attached hydrogens (tertiary/aromatic N) is 2. The van der Waals surface area contributed by atoms with Crippen molar-refractivity contribution in [2.24, 2.45) is 0 Å². The van der Waals surface area contributed by atoms with E-state index in [4.69, 9.17) is 11.6 Å². The molecule has 2 aromatic carbocycles. The lowest BCUT2D eigenvalue weighted by Crippen LogP contribution is -2.30. The Morgan fingerprint density at radius 3 is 2.82 bits per heavy atom. The van der Waals surface area contributed by atoms with E-state index in [1.165, 1.54) is 11.3 Å². The van der Waals surface area contributed by atoms with Gasteiger partial charge in [-0.2, -0.15) is 0 Å². The van der Waals surface area contributed by atoms with Crippen LogP contribution in [0.25, 0.3) is 10.9 Å². The average Bonchev–Trinajstić information content (AvgIpc) is 3.55. The molecule has 2 amide bonds. The van der Waals surface area contributed by atoms with Crippen LogP contribution in [0.15, 0.2) is 60.1 Å². The van der Waals surface area contributed by atoms with Gasteiger partial charge in [0.15, 0.2) is 5.13 Å². The van der Waals surface area contributed by atoms with Crippen LogP contribution < -0.4 is 10.2 Å². The van der Waals surface area contributed by atoms with Crippen LogP contribution in [-0.4, -0.2) is 34.9 Å². The maximum absolute atomic E-state index is 12.8. The predicted molar refractivity (Wildman–Crippen MR) is 132 cm³/mol. The molecular formula is C25H23ClN4O2S. The van der Waals surface area contributed by atoms with Crippen molar-refractivity contribution in [1.82, 2.24) is 15.3 Å². The Balaban J connectivity index is 1.33. The zero-order chi connectivity index (χ0) is 22.8. The fourth-order valence-corrected chi connectivity index (χ4v) is 5.46. The molecule has 0 spiro atoms. The standard InChI is InChI=1S/C25H23ClN4O2S/c26-21-8-3-1-6-17(21)19(20-13-27-22-9-4-2-7-18(20)22)14-28-23(31)12-16-15-33-25(29-16)30-11-5-10-24(30)32/h1-4,6-9,13,15,19,27H,5,10-12,14H2,(H,28,31)/t19-/m0/s1. The summed E-state index contributed by atoms with van der Waals surface area (Å²) >= 11 is 7.95. The lowest BCUT2D eigenvalue weighted by molar-refractivity contribution is -0.120. The molecule has 1 saturated heterocycles. The normalized spacial score (nSPS) is 14.7. The summed E-state index contributed by atoms with van der Waals surface area (Å²) < 4.78 is 0. The molecule has 1 atom stereocenters. The lowest BCUT2D eigenvalue weighted by atomic mass is 9.90. The molecular weight excluding hydrogens is 456 g/mol. The van der Waals surface area contributed by atoms with Gasteiger partial charge in [0.1, 0.15) is 0 Å². The maximum Gasteiger partial charge on any atom is 0.228 e. The second-order valence-electron chi connectivity index (χ2n) is 8.11. The number of aromatic amines is 1. The number of anilines is 1. The molecule has 1 aliphatic rings. The van der Waals surface area contributed by atoms with E-state index in [0.29, 0.717) is 35.4 Å². The summed E-state index contributed by atoms with van der Waals surface area (Å²) in [6, 6.07) is 15.8. The molecule has 5 rings (SSSR count). The van der Waals surface area contributed by atoms with Crippen molar-refractivity contribution in [3.05, 3.63) is 82.0 Å². The number of aromatic nitrogens is 2. The molecule has 0 saturated carbocycles. The molecule has 0 radical (unpaired) electrons. The minimum absolute atomic E-state index is 0.0988. The SMILES string of the molecule is O=C(Cc1csc(N2CCCC2=O)n1)NC[C@@H](c1ccccc1Cl)c1c[nH]c2ccccc12. The van der Waals surface area contributed by atoms with Gasteiger partial charge in [0, 0.05) is 52.9 Å². The number of carbonyl (C=O) groups excluding carboxylic acids is 2. The fourth-order valence-electron chi connectivity index (χ4n) is 4.32. The van der Waals surface area contributed by atoms with Gasteiger partial charge in [-0.15, -0.1) is 11.3 Å². The number of hydrogen-bond acceptors (Lipinski definition) is 4. The lowest BCUT2D eigenvalue weighted by Gasteiger charge is -2.19. The van der Waals surface area contributed by atoms with E-state index < -0.39 is 0 Å². The van der Waals surface area contributed by atoms with Gasteiger partial charge in [0.25, 0.3) is 0 Å². The number of H-pyrrole nitrogens is 1. The molecule has 0 unspecified atom stereocenters. The highest BCUT2D eigenvalue weighted by Crippen LogP contribution is 2.34. The molecule has 1 fully saturated rings. The van der Waals surface area contributed by atoms with Crippen LogP contribution in [0, 0.1) is 0 Å². The molecule has 0 bridgehead atoms. The summed E-state index contributed by atoms with van der Waals surface area (Å²) in [5, 5.41) is 7.37. The second kappa shape index (κ2) is 9.37. The van der Waals surface area contributed by atoms with Crippen molar-refractivity contribution >= 4 is 50.8 Å². The van der Waals surface area contributed by atoms with Crippen LogP contribution in [0.2, 0.25) is 5.02 Å². The topological polar surface area (TPSA) is 78.1 Å². The van der Waals surface area contributed by atoms with Gasteiger partial charge in [-0.3, -0.25) is 14.5 Å². The van der Waals surface area contributed by atoms with Gasteiger partial charge in [-0.1, -0.05) is 48.0 Å². The van der Waals surface area contributed by atoms with Crippen molar-refractivity contribution in [2.45, 2.75) is 25.2 Å². The first-order valence-electron chi connectivity index (χ1n) is 10.9. The smallest absolute Gasteiger partial charge is 0.228 e. The van der Waals surface area contributed by atoms with Crippen LogP contribution in [0.4, 0.5) is 5.13 Å². The van der Waals surface area contributed by atoms with Gasteiger partial charge < -0.3 is 10.3 Å². The number of rotatable bonds is 7. The number of thiazole rings is 1. The largest absolute Gasteiger partial charge is 0.361 e. The first-order valence-corrected chi connectivity index (χ1v) is 12.2. The van der Waals surface area contributed by atoms with E-state index in [9.17, 15) is 9.59 Å². The van der Waals surface area contributed by atoms with Crippen molar-refractivity contribution in [2.75, 3.05) is 18.0 Å². The van der Waals surface area contributed by atoms with E-state index in [1.807, 2.05) is 54.0 Å². The summed E-state index contributed by atoms with van der Waals surface area (Å²) in [5.74, 6) is -0.120. The summed E-state index contributed by atoms with van der Waals surface area (Å²) in [4.78, 5) is 34.3. The molecule has 168 valence electrons. The third kappa shape index (κ3) is 4.51. The Morgan fingerprint density at radius 1 is 1.18 bits per heavy atom. The summed E-state index contributed by atoms with van der Waals surface area (Å²) in [7, 11) is 0. The summed E-state index contributed by atoms with van der Waals surface area (Å²) in [5.41, 5.74) is 3.77. The molecule has 1 aliphatic heterocycles. The van der Waals surface area contributed by atoms with E-state index >= 15 is 0 Å². The van der Waals surface area contributed by atoms with Crippen LogP contribution in [0.1, 0.15) is 35.6 Å². The van der Waals surface area contributed by atoms with Crippen LogP contribution in [-0.2, 0) is 16.0 Å². The fraction of sp³-hybridized carbons (Fsp3) is 0.240. The van der Waals surface area contributed by atoms with Crippen LogP contribution in [0.3, 0.4) is 0 Å². The first-order chi connectivity index (χ1) is 16.1. The number of carbonyl (C=O) groups is 2. The summed E-state index contributed by atoms with van der Waals surface area (Å²) in [6.45, 7) is 1.11. The minimum atomic E-state index is -0.114. The highest BCUT2D eigenvalue weighted by Gasteiger charge is 2.25. The molecule has 4 aromatic rings. The molecule has 33 heavy (non-hydrogen) atoms. The van der Waals surface area contributed by atoms with Crippen LogP contribution >= 0.6 is 22.9 Å². The highest BCUT2D eigenvalue weighted by molar-refractivity contribution is 7.14. The molecule has 8 heteroatoms. The molecule has 2 N–H and O–H groups in total. The number of fused-ring (bicyclic) bond motifs is 1. The van der Waals surface area contributed by atoms with Crippen LogP contribution in [0.5, 0.6) is 0 Å². The van der Waals surface area contributed by atoms with E-state index in [1.54, 1.807) is 4.90 Å². The Kier molecular flexibility index (Phi) is 6.15. The Hall–Kier alpha value is -3.16. The van der Waals surface area contributed by atoms with E-state index in [0.717, 1.165) is 28.5 Å². The Bertz CT molecular complexity index is 1310. The maximum atomic E-state index is 12.8. The van der Waals surface area contributed by atoms with Gasteiger partial charge in [-0.05, 0) is 29.7 Å². The minimum Gasteiger partial charge on any atom is -0.361 e. The number of benzene rings is 2. The second-order valence-corrected chi connectivity index (χ2v) is 9.36. The first kappa shape index (κ1) is 21.7. The number of para-hydroxylation sites is 1. The number of hydrogen-bond donors (Lipinski definition) is 2. The number of amides is 2. The quantitative estimate of drug-likeness (QED) is 0.396. The van der Waals surface area contributed by atoms with Crippen molar-refractivity contribution < 1.29 is 9.59 Å². The third-order valence-corrected chi connectivity index (χ3v) is 7.22. The zero-order valence-electron chi connectivity index (χ0n) is 17.9. The Labute approximate surface area is 200 Å². The molecule has 3 heterocycles. The third-order valence-electron chi connectivity index (χ3n) is 5.97. The van der Waals surface area contributed by atoms with Crippen molar-refractivity contribution in [3.63, 3.8) is 0 Å².